The largest absolute Gasteiger partial charge is 0.478 e. The summed E-state index contributed by atoms with van der Waals surface area (Å²) in [5.74, 6) is -0.939. The number of carboxylic acid groups (broad SMARTS) is 1. The van der Waals surface area contributed by atoms with Crippen LogP contribution in [-0.2, 0) is 0 Å². The van der Waals surface area contributed by atoms with Gasteiger partial charge in [-0.3, -0.25) is 0 Å². The summed E-state index contributed by atoms with van der Waals surface area (Å²) in [6.07, 6.45) is 31.2. The van der Waals surface area contributed by atoms with E-state index in [9.17, 15) is 4.79 Å². The van der Waals surface area contributed by atoms with Crippen LogP contribution in [-0.4, -0.2) is 36.2 Å². The van der Waals surface area contributed by atoms with Crippen LogP contribution in [0.25, 0.3) is 0 Å². The molecule has 0 fully saturated rings. The molecule has 0 aliphatic carbocycles. The highest BCUT2D eigenvalue weighted by atomic mass is 32.1. The first kappa shape index (κ1) is 38.6. The molecule has 1 rings (SSSR count). The fraction of sp³-hybridized carbons (Fsp3) is 0.781. The molecule has 0 aliphatic heterocycles. The fourth-order valence-corrected chi connectivity index (χ4v) is 8.70. The lowest BCUT2D eigenvalue weighted by atomic mass is 10.1. The molecule has 0 amide bonds. The van der Waals surface area contributed by atoms with Crippen LogP contribution >= 0.6 is 19.9 Å². The SMILES string of the molecule is CCCCCCCC[P+](C)(CCCCCCCC)CCCCCCCC.N.O=C(O)c1ccccc1S. The van der Waals surface area contributed by atoms with E-state index in [0.29, 0.717) is 4.90 Å². The highest BCUT2D eigenvalue weighted by molar-refractivity contribution is 7.80. The van der Waals surface area contributed by atoms with Gasteiger partial charge in [0.2, 0.25) is 0 Å². The Bertz CT molecular complexity index is 600. The smallest absolute Gasteiger partial charge is 0.336 e. The van der Waals surface area contributed by atoms with Crippen molar-refractivity contribution in [3.8, 4) is 0 Å². The van der Waals surface area contributed by atoms with E-state index in [-0.39, 0.29) is 11.7 Å². The summed E-state index contributed by atoms with van der Waals surface area (Å²) in [6.45, 7) is 9.70. The number of unbranched alkanes of at least 4 members (excludes halogenated alkanes) is 15. The van der Waals surface area contributed by atoms with Gasteiger partial charge in [0.1, 0.15) is 0 Å². The molecule has 0 aromatic heterocycles. The molecule has 0 spiro atoms. The van der Waals surface area contributed by atoms with Gasteiger partial charge in [-0.1, -0.05) is 110 Å². The van der Waals surface area contributed by atoms with Crippen molar-refractivity contribution in [1.82, 2.24) is 6.15 Å². The van der Waals surface area contributed by atoms with Crippen LogP contribution in [0, 0.1) is 0 Å². The summed E-state index contributed by atoms with van der Waals surface area (Å²) in [7, 11) is -0.636. The summed E-state index contributed by atoms with van der Waals surface area (Å²) in [4.78, 5) is 10.9. The number of carbonyl (C=O) groups is 1. The molecule has 0 aliphatic rings. The topological polar surface area (TPSA) is 72.3 Å². The second kappa shape index (κ2) is 27.0. The highest BCUT2D eigenvalue weighted by Crippen LogP contribution is 2.57. The standard InChI is InChI=1S/C25H54P.C7H6O2S.H3N/c1-5-8-11-14-17-20-23-26(4,24-21-18-15-12-9-6-2)25-22-19-16-13-10-7-3;8-7(9)5-3-1-2-4-6(5)10;/h5-25H2,1-4H3;1-4,10H,(H,8,9);1H3/q+1;;. The molecule has 0 heterocycles. The molecule has 3 nitrogen and oxygen atoms in total. The summed E-state index contributed by atoms with van der Waals surface area (Å²) >= 11 is 3.96. The molecule has 0 unspecified atom stereocenters. The molecule has 4 N–H and O–H groups in total. The second-order valence-electron chi connectivity index (χ2n) is 10.9. The minimum atomic E-state index is -0.939. The lowest BCUT2D eigenvalue weighted by Crippen LogP contribution is -2.08. The number of hydrogen-bond acceptors (Lipinski definition) is 3. The second-order valence-corrected chi connectivity index (χ2v) is 16.0. The molecule has 0 saturated carbocycles. The normalized spacial score (nSPS) is 10.9. The van der Waals surface area contributed by atoms with E-state index in [1.165, 1.54) is 122 Å². The van der Waals surface area contributed by atoms with Gasteiger partial charge in [-0.25, -0.2) is 4.79 Å². The van der Waals surface area contributed by atoms with Crippen molar-refractivity contribution in [3.05, 3.63) is 29.8 Å². The van der Waals surface area contributed by atoms with Crippen molar-refractivity contribution in [2.45, 2.75) is 141 Å². The number of aromatic carboxylic acids is 1. The number of benzene rings is 1. The maximum Gasteiger partial charge on any atom is 0.336 e. The van der Waals surface area contributed by atoms with E-state index in [1.807, 2.05) is 0 Å². The first-order chi connectivity index (χ1) is 17.4. The van der Waals surface area contributed by atoms with E-state index in [1.54, 1.807) is 36.7 Å². The van der Waals surface area contributed by atoms with Crippen molar-refractivity contribution < 1.29 is 9.90 Å². The van der Waals surface area contributed by atoms with Crippen LogP contribution in [0.5, 0.6) is 0 Å². The number of rotatable bonds is 22. The van der Waals surface area contributed by atoms with Crippen LogP contribution in [0.1, 0.15) is 147 Å². The number of carboxylic acids is 1. The monoisotopic (exact) mass is 556 g/mol. The zero-order valence-corrected chi connectivity index (χ0v) is 26.9. The van der Waals surface area contributed by atoms with Gasteiger partial charge in [0.25, 0.3) is 0 Å². The zero-order valence-electron chi connectivity index (χ0n) is 25.1. The van der Waals surface area contributed by atoms with Crippen molar-refractivity contribution in [1.29, 1.82) is 0 Å². The average molecular weight is 557 g/mol. The third kappa shape index (κ3) is 23.1. The number of hydrogen-bond donors (Lipinski definition) is 3. The molecule has 0 atom stereocenters. The molecule has 37 heavy (non-hydrogen) atoms. The third-order valence-corrected chi connectivity index (χ3v) is 11.9. The summed E-state index contributed by atoms with van der Waals surface area (Å²) < 4.78 is 0. The Morgan fingerprint density at radius 2 is 0.973 bits per heavy atom. The van der Waals surface area contributed by atoms with Gasteiger partial charge in [0, 0.05) is 18.8 Å². The molecule has 0 saturated heterocycles. The van der Waals surface area contributed by atoms with Crippen LogP contribution < -0.4 is 6.15 Å². The average Bonchev–Trinajstić information content (AvgIpc) is 2.86. The summed E-state index contributed by atoms with van der Waals surface area (Å²) in [6, 6.07) is 6.58. The van der Waals surface area contributed by atoms with Gasteiger partial charge in [-0.2, -0.15) is 0 Å². The van der Waals surface area contributed by atoms with Gasteiger partial charge in [-0.15, -0.1) is 12.6 Å². The molecule has 0 radical (unpaired) electrons. The van der Waals surface area contributed by atoms with Crippen molar-refractivity contribution in [3.63, 3.8) is 0 Å². The van der Waals surface area contributed by atoms with E-state index < -0.39 is 13.2 Å². The van der Waals surface area contributed by atoms with Crippen LogP contribution in [0.2, 0.25) is 0 Å². The molecule has 218 valence electrons. The van der Waals surface area contributed by atoms with Crippen molar-refractivity contribution in [2.75, 3.05) is 25.2 Å². The first-order valence-electron chi connectivity index (χ1n) is 15.2. The Labute approximate surface area is 237 Å². The van der Waals surface area contributed by atoms with Gasteiger partial charge in [0.15, 0.2) is 0 Å². The molecular weight excluding hydrogens is 493 g/mol. The van der Waals surface area contributed by atoms with Gasteiger partial charge in [-0.05, 0) is 50.7 Å². The Balaban J connectivity index is 0. The van der Waals surface area contributed by atoms with Gasteiger partial charge < -0.3 is 11.3 Å². The van der Waals surface area contributed by atoms with E-state index in [0.717, 1.165) is 0 Å². The molecular formula is C32H63NO2PS+. The lowest BCUT2D eigenvalue weighted by molar-refractivity contribution is 0.0693. The lowest BCUT2D eigenvalue weighted by Gasteiger charge is -2.24. The third-order valence-electron chi connectivity index (χ3n) is 7.29. The maximum atomic E-state index is 10.4. The summed E-state index contributed by atoms with van der Waals surface area (Å²) in [5, 5.41) is 8.52. The Kier molecular flexibility index (Phi) is 28.2. The Hall–Kier alpha value is -0.570. The Morgan fingerprint density at radius 1 is 0.649 bits per heavy atom. The highest BCUT2D eigenvalue weighted by Gasteiger charge is 2.29. The van der Waals surface area contributed by atoms with Crippen molar-refractivity contribution in [2.24, 2.45) is 0 Å². The molecule has 5 heteroatoms. The Morgan fingerprint density at radius 3 is 1.27 bits per heavy atom. The predicted octanol–water partition coefficient (Wildman–Crippen LogP) is 11.6. The quantitative estimate of drug-likeness (QED) is 0.0755. The minimum absolute atomic E-state index is 0. The molecule has 1 aromatic rings. The zero-order chi connectivity index (χ0) is 26.9. The van der Waals surface area contributed by atoms with E-state index in [4.69, 9.17) is 5.11 Å². The predicted molar refractivity (Wildman–Crippen MR) is 173 cm³/mol. The van der Waals surface area contributed by atoms with Crippen LogP contribution in [0.3, 0.4) is 0 Å². The van der Waals surface area contributed by atoms with E-state index >= 15 is 0 Å². The van der Waals surface area contributed by atoms with Gasteiger partial charge in [0.05, 0.1) is 24.0 Å². The first-order valence-corrected chi connectivity index (χ1v) is 18.5. The minimum Gasteiger partial charge on any atom is -0.478 e. The molecule has 1 aromatic carbocycles. The molecule has 0 bridgehead atoms. The van der Waals surface area contributed by atoms with E-state index in [2.05, 4.69) is 40.1 Å². The van der Waals surface area contributed by atoms with Crippen LogP contribution in [0.4, 0.5) is 0 Å². The number of thiol groups is 1. The fourth-order valence-electron chi connectivity index (χ4n) is 4.81. The van der Waals surface area contributed by atoms with Crippen LogP contribution in [0.15, 0.2) is 29.2 Å². The summed E-state index contributed by atoms with van der Waals surface area (Å²) in [5.41, 5.74) is 0.242. The maximum absolute atomic E-state index is 10.4. The van der Waals surface area contributed by atoms with Crippen molar-refractivity contribution >= 4 is 25.9 Å². The van der Waals surface area contributed by atoms with Gasteiger partial charge >= 0.3 is 5.97 Å².